The van der Waals surface area contributed by atoms with Crippen molar-refractivity contribution < 1.29 is 58.2 Å². The molecule has 0 radical (unpaired) electrons. The first-order valence-corrected chi connectivity index (χ1v) is 28.6. The van der Waals surface area contributed by atoms with Crippen LogP contribution in [-0.2, 0) is 42.9 Å². The van der Waals surface area contributed by atoms with Gasteiger partial charge in [-0.1, -0.05) is 204 Å². The van der Waals surface area contributed by atoms with Crippen molar-refractivity contribution in [3.8, 4) is 0 Å². The summed E-state index contributed by atoms with van der Waals surface area (Å²) in [5.74, 6) is -3.13. The summed E-state index contributed by atoms with van der Waals surface area (Å²) in [6.07, 6.45) is 43.7. The highest BCUT2D eigenvalue weighted by atomic mass is 16.7. The van der Waals surface area contributed by atoms with E-state index in [4.69, 9.17) is 23.7 Å². The number of allylic oxidation sites excluding steroid dienone is 8. The summed E-state index contributed by atoms with van der Waals surface area (Å²) in [5.41, 5.74) is 0. The van der Waals surface area contributed by atoms with Crippen molar-refractivity contribution in [1.82, 2.24) is 0 Å². The van der Waals surface area contributed by atoms with Crippen LogP contribution in [-0.4, -0.2) is 89.2 Å². The van der Waals surface area contributed by atoms with Crippen LogP contribution in [0, 0.1) is 0 Å². The molecule has 1 fully saturated rings. The Labute approximate surface area is 431 Å². The van der Waals surface area contributed by atoms with Gasteiger partial charge in [-0.3, -0.25) is 14.4 Å². The maximum atomic E-state index is 13.1. The summed E-state index contributed by atoms with van der Waals surface area (Å²) < 4.78 is 28.4. The SMILES string of the molecule is CC/C=C\C/C=C\C/C=C\CCCCCCCCCC(=O)OCC(COC1OC(C(=O)O)C(O)C(O)C1OC(=O)CCCCCCCCCCCCC)OC(=O)CCCCCCC/C=C\CCCCCC. The molecule has 12 nitrogen and oxygen atoms in total. The molecule has 0 saturated carbocycles. The summed E-state index contributed by atoms with van der Waals surface area (Å²) in [6, 6.07) is 0. The summed E-state index contributed by atoms with van der Waals surface area (Å²) in [7, 11) is 0. The van der Waals surface area contributed by atoms with Crippen molar-refractivity contribution in [3.63, 3.8) is 0 Å². The largest absolute Gasteiger partial charge is 0.479 e. The number of carbonyl (C=O) groups is 4. The molecule has 6 unspecified atom stereocenters. The number of aliphatic hydroxyl groups excluding tert-OH is 2. The second-order valence-electron chi connectivity index (χ2n) is 19.5. The van der Waals surface area contributed by atoms with E-state index >= 15 is 0 Å². The van der Waals surface area contributed by atoms with Crippen LogP contribution in [0.15, 0.2) is 48.6 Å². The molecular weight excluding hydrogens is 901 g/mol. The number of hydrogen-bond acceptors (Lipinski definition) is 11. The molecule has 410 valence electrons. The van der Waals surface area contributed by atoms with E-state index in [-0.39, 0.29) is 25.9 Å². The molecule has 0 aromatic carbocycles. The van der Waals surface area contributed by atoms with Gasteiger partial charge in [0.25, 0.3) is 0 Å². The Balaban J connectivity index is 2.70. The van der Waals surface area contributed by atoms with E-state index in [9.17, 15) is 34.5 Å². The van der Waals surface area contributed by atoms with Gasteiger partial charge in [0.05, 0.1) is 6.61 Å². The number of rotatable bonds is 48. The summed E-state index contributed by atoms with van der Waals surface area (Å²) >= 11 is 0. The van der Waals surface area contributed by atoms with Crippen molar-refractivity contribution in [1.29, 1.82) is 0 Å². The number of aliphatic hydroxyl groups is 2. The number of carbonyl (C=O) groups excluding carboxylic acids is 3. The zero-order valence-electron chi connectivity index (χ0n) is 45.0. The molecule has 1 aliphatic rings. The lowest BCUT2D eigenvalue weighted by Gasteiger charge is -2.40. The highest BCUT2D eigenvalue weighted by molar-refractivity contribution is 5.74. The van der Waals surface area contributed by atoms with Crippen molar-refractivity contribution in [2.45, 2.75) is 289 Å². The van der Waals surface area contributed by atoms with Gasteiger partial charge in [0.15, 0.2) is 24.6 Å². The average Bonchev–Trinajstić information content (AvgIpc) is 3.35. The lowest BCUT2D eigenvalue weighted by Crippen LogP contribution is -2.61. The van der Waals surface area contributed by atoms with Gasteiger partial charge >= 0.3 is 23.9 Å². The third kappa shape index (κ3) is 38.0. The van der Waals surface area contributed by atoms with E-state index in [1.165, 1.54) is 77.0 Å². The molecular formula is C59H102O12. The molecule has 1 rings (SSSR count). The average molecular weight is 1000 g/mol. The highest BCUT2D eigenvalue weighted by Gasteiger charge is 2.50. The first-order valence-electron chi connectivity index (χ1n) is 28.6. The van der Waals surface area contributed by atoms with E-state index in [0.717, 1.165) is 116 Å². The van der Waals surface area contributed by atoms with Crippen LogP contribution in [0.25, 0.3) is 0 Å². The number of aliphatic carboxylic acids is 1. The Kier molecular flexibility index (Phi) is 44.1. The molecule has 0 amide bonds. The molecule has 0 aliphatic carbocycles. The third-order valence-corrected chi connectivity index (χ3v) is 12.9. The fraction of sp³-hybridized carbons (Fsp3) is 0.797. The molecule has 71 heavy (non-hydrogen) atoms. The number of hydrogen-bond donors (Lipinski definition) is 3. The third-order valence-electron chi connectivity index (χ3n) is 12.9. The lowest BCUT2D eigenvalue weighted by atomic mass is 9.98. The van der Waals surface area contributed by atoms with Crippen molar-refractivity contribution in [3.05, 3.63) is 48.6 Å². The van der Waals surface area contributed by atoms with E-state index in [0.29, 0.717) is 19.3 Å². The van der Waals surface area contributed by atoms with E-state index in [2.05, 4.69) is 69.4 Å². The fourth-order valence-corrected chi connectivity index (χ4v) is 8.49. The highest BCUT2D eigenvalue weighted by Crippen LogP contribution is 2.26. The normalized spacial score (nSPS) is 18.8. The van der Waals surface area contributed by atoms with Gasteiger partial charge in [-0.15, -0.1) is 0 Å². The van der Waals surface area contributed by atoms with Gasteiger partial charge in [0, 0.05) is 19.3 Å². The Hall–Kier alpha value is -3.32. The van der Waals surface area contributed by atoms with Crippen LogP contribution in [0.1, 0.15) is 252 Å². The van der Waals surface area contributed by atoms with Crippen LogP contribution < -0.4 is 0 Å². The number of esters is 3. The monoisotopic (exact) mass is 1000 g/mol. The summed E-state index contributed by atoms with van der Waals surface area (Å²) in [6.45, 7) is 5.84. The smallest absolute Gasteiger partial charge is 0.335 e. The van der Waals surface area contributed by atoms with Gasteiger partial charge in [0.1, 0.15) is 18.8 Å². The van der Waals surface area contributed by atoms with Crippen molar-refractivity contribution in [2.24, 2.45) is 0 Å². The summed E-state index contributed by atoms with van der Waals surface area (Å²) in [4.78, 5) is 51.0. The minimum atomic E-state index is -1.90. The number of carboxylic acid groups (broad SMARTS) is 1. The lowest BCUT2D eigenvalue weighted by molar-refractivity contribution is -0.301. The molecule has 0 aromatic heterocycles. The first kappa shape index (κ1) is 65.7. The molecule has 1 heterocycles. The Morgan fingerprint density at radius 1 is 0.479 bits per heavy atom. The molecule has 1 aliphatic heterocycles. The molecule has 12 heteroatoms. The van der Waals surface area contributed by atoms with Crippen LogP contribution in [0.3, 0.4) is 0 Å². The second-order valence-corrected chi connectivity index (χ2v) is 19.5. The number of ether oxygens (including phenoxy) is 5. The van der Waals surface area contributed by atoms with E-state index in [1.54, 1.807) is 0 Å². The van der Waals surface area contributed by atoms with Crippen LogP contribution >= 0.6 is 0 Å². The van der Waals surface area contributed by atoms with Gasteiger partial charge in [-0.2, -0.15) is 0 Å². The van der Waals surface area contributed by atoms with Gasteiger partial charge in [0.2, 0.25) is 0 Å². The minimum Gasteiger partial charge on any atom is -0.479 e. The zero-order valence-corrected chi connectivity index (χ0v) is 45.0. The molecule has 0 bridgehead atoms. The van der Waals surface area contributed by atoms with Crippen LogP contribution in [0.4, 0.5) is 0 Å². The molecule has 0 spiro atoms. The van der Waals surface area contributed by atoms with Crippen molar-refractivity contribution in [2.75, 3.05) is 13.2 Å². The van der Waals surface area contributed by atoms with Gasteiger partial charge < -0.3 is 39.0 Å². The standard InChI is InChI=1S/C59H102O12/c1-4-7-10-13-16-19-22-24-25-26-27-29-31-33-36-39-42-45-51(60)67-48-50(69-52(61)46-43-40-37-35-32-28-23-20-17-14-11-8-5-2)49-68-59-57(55(64)54(63)56(71-59)58(65)66)70-53(62)47-44-41-38-34-30-21-18-15-12-9-6-3/h7,10,16,19-20,23-25,50,54-57,59,63-64H,4-6,8-9,11-15,17-18,21-22,26-49H2,1-3H3,(H,65,66)/b10-7-,19-16-,23-20-,25-24-. The van der Waals surface area contributed by atoms with Gasteiger partial charge in [-0.05, 0) is 77.0 Å². The van der Waals surface area contributed by atoms with Crippen molar-refractivity contribution >= 4 is 23.9 Å². The first-order chi connectivity index (χ1) is 34.6. The second kappa shape index (κ2) is 47.7. The van der Waals surface area contributed by atoms with E-state index < -0.39 is 67.3 Å². The van der Waals surface area contributed by atoms with E-state index in [1.807, 2.05) is 0 Å². The molecule has 3 N–H and O–H groups in total. The predicted molar refractivity (Wildman–Crippen MR) is 285 cm³/mol. The minimum absolute atomic E-state index is 0.0616. The summed E-state index contributed by atoms with van der Waals surface area (Å²) in [5, 5.41) is 31.4. The quantitative estimate of drug-likeness (QED) is 0.0228. The van der Waals surface area contributed by atoms with Crippen LogP contribution in [0.5, 0.6) is 0 Å². The molecule has 1 saturated heterocycles. The number of unbranched alkanes of at least 4 members (excludes halogenated alkanes) is 26. The Morgan fingerprint density at radius 3 is 1.38 bits per heavy atom. The Morgan fingerprint density at radius 2 is 0.887 bits per heavy atom. The topological polar surface area (TPSA) is 175 Å². The molecule has 0 aromatic rings. The maximum absolute atomic E-state index is 13.1. The predicted octanol–water partition coefficient (Wildman–Crippen LogP) is 14.2. The Bertz CT molecular complexity index is 1420. The molecule has 6 atom stereocenters. The zero-order chi connectivity index (χ0) is 51.8. The maximum Gasteiger partial charge on any atom is 0.335 e. The van der Waals surface area contributed by atoms with Crippen LogP contribution in [0.2, 0.25) is 0 Å². The van der Waals surface area contributed by atoms with Gasteiger partial charge in [-0.25, -0.2) is 4.79 Å². The fourth-order valence-electron chi connectivity index (χ4n) is 8.49. The number of carboxylic acids is 1.